The molecule has 5 nitrogen and oxygen atoms in total. The van der Waals surface area contributed by atoms with Crippen LogP contribution in [0.2, 0.25) is 0 Å². The molecule has 0 atom stereocenters. The first-order valence-electron chi connectivity index (χ1n) is 6.18. The molecule has 1 amide bonds. The lowest BCUT2D eigenvalue weighted by molar-refractivity contribution is -0.113. The Morgan fingerprint density at radius 1 is 1.50 bits per heavy atom. The Hall–Kier alpha value is -1.09. The van der Waals surface area contributed by atoms with Crippen molar-refractivity contribution < 1.29 is 4.79 Å². The predicted octanol–water partition coefficient (Wildman–Crippen LogP) is 3.01. The van der Waals surface area contributed by atoms with Crippen LogP contribution in [0.4, 0.5) is 5.69 Å². The van der Waals surface area contributed by atoms with E-state index in [0.717, 1.165) is 27.1 Å². The molecule has 1 heterocycles. The number of nitrogens with zero attached hydrogens (tertiary/aromatic N) is 2. The molecule has 0 aliphatic carbocycles. The van der Waals surface area contributed by atoms with Gasteiger partial charge in [-0.15, -0.1) is 5.10 Å². The number of halogens is 1. The summed E-state index contributed by atoms with van der Waals surface area (Å²) in [5.41, 5.74) is 1.90. The van der Waals surface area contributed by atoms with Gasteiger partial charge in [-0.05, 0) is 53.3 Å². The van der Waals surface area contributed by atoms with Gasteiger partial charge >= 0.3 is 0 Å². The van der Waals surface area contributed by atoms with Crippen LogP contribution in [0, 0.1) is 10.5 Å². The molecular formula is C13H15IN4OS. The Kier molecular flexibility index (Phi) is 5.41. The quantitative estimate of drug-likeness (QED) is 0.596. The van der Waals surface area contributed by atoms with Crippen LogP contribution < -0.4 is 5.32 Å². The predicted molar refractivity (Wildman–Crippen MR) is 89.0 cm³/mol. The SMILES string of the molecule is CCc1nc(SCC(=O)Nc2ccc(I)cc2C)n[nH]1. The summed E-state index contributed by atoms with van der Waals surface area (Å²) in [6.07, 6.45) is 0.807. The van der Waals surface area contributed by atoms with Crippen molar-refractivity contribution in [2.45, 2.75) is 25.4 Å². The monoisotopic (exact) mass is 402 g/mol. The molecule has 0 bridgehead atoms. The molecular weight excluding hydrogens is 387 g/mol. The van der Waals surface area contributed by atoms with Gasteiger partial charge in [0.2, 0.25) is 11.1 Å². The Balaban J connectivity index is 1.89. The first kappa shape index (κ1) is 15.3. The van der Waals surface area contributed by atoms with Crippen LogP contribution in [0.25, 0.3) is 0 Å². The van der Waals surface area contributed by atoms with Gasteiger partial charge in [0.05, 0.1) is 5.75 Å². The fourth-order valence-corrected chi connectivity index (χ4v) is 2.85. The van der Waals surface area contributed by atoms with Crippen LogP contribution in [0.5, 0.6) is 0 Å². The summed E-state index contributed by atoms with van der Waals surface area (Å²) in [6.45, 7) is 3.98. The molecule has 0 spiro atoms. The number of carbonyl (C=O) groups excluding carboxylic acids is 1. The Morgan fingerprint density at radius 2 is 2.30 bits per heavy atom. The van der Waals surface area contributed by atoms with Gasteiger partial charge in [-0.3, -0.25) is 9.89 Å². The minimum Gasteiger partial charge on any atom is -0.325 e. The number of hydrogen-bond donors (Lipinski definition) is 2. The van der Waals surface area contributed by atoms with Gasteiger partial charge in [-0.1, -0.05) is 18.7 Å². The van der Waals surface area contributed by atoms with E-state index in [-0.39, 0.29) is 5.91 Å². The van der Waals surface area contributed by atoms with E-state index in [1.165, 1.54) is 11.8 Å². The molecule has 0 saturated heterocycles. The van der Waals surface area contributed by atoms with Crippen molar-refractivity contribution in [2.75, 3.05) is 11.1 Å². The maximum Gasteiger partial charge on any atom is 0.234 e. The highest BCUT2D eigenvalue weighted by atomic mass is 127. The molecule has 0 aliphatic heterocycles. The van der Waals surface area contributed by atoms with Crippen molar-refractivity contribution in [2.24, 2.45) is 0 Å². The number of aromatic amines is 1. The first-order chi connectivity index (χ1) is 9.58. The van der Waals surface area contributed by atoms with Gasteiger partial charge in [0, 0.05) is 15.7 Å². The number of aryl methyl sites for hydroxylation is 2. The van der Waals surface area contributed by atoms with Crippen LogP contribution in [0.3, 0.4) is 0 Å². The van der Waals surface area contributed by atoms with Crippen LogP contribution in [-0.4, -0.2) is 26.8 Å². The van der Waals surface area contributed by atoms with Crippen LogP contribution >= 0.6 is 34.4 Å². The lowest BCUT2D eigenvalue weighted by atomic mass is 10.2. The van der Waals surface area contributed by atoms with Crippen molar-refractivity contribution in [3.8, 4) is 0 Å². The van der Waals surface area contributed by atoms with Gasteiger partial charge in [-0.25, -0.2) is 4.98 Å². The van der Waals surface area contributed by atoms with E-state index in [2.05, 4.69) is 43.1 Å². The first-order valence-corrected chi connectivity index (χ1v) is 8.25. The molecule has 106 valence electrons. The summed E-state index contributed by atoms with van der Waals surface area (Å²) in [4.78, 5) is 16.2. The zero-order valence-electron chi connectivity index (χ0n) is 11.2. The second-order valence-corrected chi connectivity index (χ2v) is 6.40. The van der Waals surface area contributed by atoms with Gasteiger partial charge in [0.25, 0.3) is 0 Å². The van der Waals surface area contributed by atoms with E-state index in [1.54, 1.807) is 0 Å². The van der Waals surface area contributed by atoms with Gasteiger partial charge in [-0.2, -0.15) is 0 Å². The number of aromatic nitrogens is 3. The van der Waals surface area contributed by atoms with E-state index in [1.807, 2.05) is 32.0 Å². The fourth-order valence-electron chi connectivity index (χ4n) is 1.58. The largest absolute Gasteiger partial charge is 0.325 e. The lowest BCUT2D eigenvalue weighted by Crippen LogP contribution is -2.15. The summed E-state index contributed by atoms with van der Waals surface area (Å²) < 4.78 is 1.15. The zero-order chi connectivity index (χ0) is 14.5. The summed E-state index contributed by atoms with van der Waals surface area (Å²) >= 11 is 3.58. The summed E-state index contributed by atoms with van der Waals surface area (Å²) in [6, 6.07) is 5.92. The second-order valence-electron chi connectivity index (χ2n) is 4.21. The van der Waals surface area contributed by atoms with E-state index < -0.39 is 0 Å². The van der Waals surface area contributed by atoms with Crippen molar-refractivity contribution in [1.29, 1.82) is 0 Å². The van der Waals surface area contributed by atoms with E-state index in [9.17, 15) is 4.79 Å². The number of benzene rings is 1. The highest BCUT2D eigenvalue weighted by Crippen LogP contribution is 2.19. The molecule has 0 radical (unpaired) electrons. The molecule has 7 heteroatoms. The molecule has 2 rings (SSSR count). The molecule has 2 aromatic rings. The lowest BCUT2D eigenvalue weighted by Gasteiger charge is -2.07. The standard InChI is InChI=1S/C13H15IN4OS/c1-3-11-16-13(18-17-11)20-7-12(19)15-10-5-4-9(14)6-8(10)2/h4-6H,3,7H2,1-2H3,(H,15,19)(H,16,17,18). The third-order valence-electron chi connectivity index (χ3n) is 2.64. The number of thioether (sulfide) groups is 1. The van der Waals surface area contributed by atoms with Crippen LogP contribution in [-0.2, 0) is 11.2 Å². The van der Waals surface area contributed by atoms with Gasteiger partial charge in [0.15, 0.2) is 0 Å². The van der Waals surface area contributed by atoms with E-state index in [4.69, 9.17) is 0 Å². The number of hydrogen-bond acceptors (Lipinski definition) is 4. The number of anilines is 1. The molecule has 2 N–H and O–H groups in total. The summed E-state index contributed by atoms with van der Waals surface area (Å²) in [5.74, 6) is 1.08. The molecule has 0 fully saturated rings. The number of carbonyl (C=O) groups is 1. The third-order valence-corrected chi connectivity index (χ3v) is 4.16. The number of amides is 1. The summed E-state index contributed by atoms with van der Waals surface area (Å²) in [5, 5.41) is 10.4. The molecule has 0 unspecified atom stereocenters. The highest BCUT2D eigenvalue weighted by Gasteiger charge is 2.08. The van der Waals surface area contributed by atoms with E-state index >= 15 is 0 Å². The average molecular weight is 402 g/mol. The smallest absolute Gasteiger partial charge is 0.234 e. The van der Waals surface area contributed by atoms with Crippen molar-refractivity contribution >= 4 is 45.9 Å². The van der Waals surface area contributed by atoms with Crippen molar-refractivity contribution in [1.82, 2.24) is 15.2 Å². The summed E-state index contributed by atoms with van der Waals surface area (Å²) in [7, 11) is 0. The zero-order valence-corrected chi connectivity index (χ0v) is 14.2. The minimum atomic E-state index is -0.0536. The molecule has 1 aromatic heterocycles. The minimum absolute atomic E-state index is 0.0536. The Bertz CT molecular complexity index is 614. The molecule has 0 aliphatic rings. The van der Waals surface area contributed by atoms with Crippen molar-refractivity contribution in [3.05, 3.63) is 33.2 Å². The fraction of sp³-hybridized carbons (Fsp3) is 0.308. The highest BCUT2D eigenvalue weighted by molar-refractivity contribution is 14.1. The maximum absolute atomic E-state index is 11.9. The average Bonchev–Trinajstić information content (AvgIpc) is 2.88. The third kappa shape index (κ3) is 4.20. The normalized spacial score (nSPS) is 10.6. The van der Waals surface area contributed by atoms with Gasteiger partial charge in [0.1, 0.15) is 5.82 Å². The van der Waals surface area contributed by atoms with Crippen LogP contribution in [0.1, 0.15) is 18.3 Å². The molecule has 1 aromatic carbocycles. The number of nitrogens with one attached hydrogen (secondary N) is 2. The van der Waals surface area contributed by atoms with Crippen molar-refractivity contribution in [3.63, 3.8) is 0 Å². The van der Waals surface area contributed by atoms with Crippen LogP contribution in [0.15, 0.2) is 23.4 Å². The molecule has 0 saturated carbocycles. The topological polar surface area (TPSA) is 70.7 Å². The maximum atomic E-state index is 11.9. The Labute approximate surface area is 135 Å². The number of H-pyrrole nitrogens is 1. The molecule has 20 heavy (non-hydrogen) atoms. The van der Waals surface area contributed by atoms with Gasteiger partial charge < -0.3 is 5.32 Å². The Morgan fingerprint density at radius 3 is 2.95 bits per heavy atom. The van der Waals surface area contributed by atoms with E-state index in [0.29, 0.717) is 10.9 Å². The second kappa shape index (κ2) is 7.07. The number of rotatable bonds is 5.